The molecule has 1 aliphatic rings. The quantitative estimate of drug-likeness (QED) is 0.838. The van der Waals surface area contributed by atoms with Gasteiger partial charge in [-0.15, -0.1) is 0 Å². The van der Waals surface area contributed by atoms with E-state index >= 15 is 0 Å². The number of carbonyl (C=O) groups is 1. The first-order chi connectivity index (χ1) is 9.17. The summed E-state index contributed by atoms with van der Waals surface area (Å²) >= 11 is 1.97. The number of ether oxygens (including phenoxy) is 1. The largest absolute Gasteiger partial charge is 0.461 e. The smallest absolute Gasteiger partial charge is 0.360 e. The molecule has 1 aromatic heterocycles. The summed E-state index contributed by atoms with van der Waals surface area (Å²) in [6, 6.07) is 0. The fraction of sp³-hybridized carbons (Fsp3) is 0.692. The summed E-state index contributed by atoms with van der Waals surface area (Å²) in [4.78, 5) is 16.1. The van der Waals surface area contributed by atoms with Gasteiger partial charge in [0.2, 0.25) is 0 Å². The number of nitrogens with two attached hydrogens (primary N) is 1. The molecule has 106 valence electrons. The molecule has 1 aromatic rings. The molecule has 19 heavy (non-hydrogen) atoms. The van der Waals surface area contributed by atoms with Crippen molar-refractivity contribution in [3.05, 3.63) is 11.5 Å². The number of esters is 1. The van der Waals surface area contributed by atoms with Crippen molar-refractivity contribution >= 4 is 23.5 Å². The van der Waals surface area contributed by atoms with Crippen LogP contribution in [0.5, 0.6) is 0 Å². The van der Waals surface area contributed by atoms with Crippen molar-refractivity contribution in [3.63, 3.8) is 0 Å². The normalized spacial score (nSPS) is 18.7. The molecule has 0 saturated carbocycles. The Morgan fingerprint density at radius 1 is 1.58 bits per heavy atom. The van der Waals surface area contributed by atoms with Crippen LogP contribution >= 0.6 is 11.8 Å². The summed E-state index contributed by atoms with van der Waals surface area (Å²) in [5, 5.41) is 0.580. The van der Waals surface area contributed by atoms with Gasteiger partial charge in [-0.3, -0.25) is 0 Å². The lowest BCUT2D eigenvalue weighted by molar-refractivity contribution is 0.0521. The number of anilines is 1. The Morgan fingerprint density at radius 2 is 2.37 bits per heavy atom. The number of thioether (sulfide) groups is 1. The second-order valence-corrected chi connectivity index (χ2v) is 5.99. The third kappa shape index (κ3) is 3.05. The number of rotatable bonds is 5. The Balaban J connectivity index is 2.23. The lowest BCUT2D eigenvalue weighted by atomic mass is 10.2. The lowest BCUT2D eigenvalue weighted by Crippen LogP contribution is -2.15. The molecule has 0 amide bonds. The zero-order valence-electron chi connectivity index (χ0n) is 11.5. The molecule has 1 atom stereocenters. The van der Waals surface area contributed by atoms with Crippen LogP contribution in [-0.2, 0) is 17.7 Å². The minimum Gasteiger partial charge on any atom is -0.461 e. The van der Waals surface area contributed by atoms with Crippen molar-refractivity contribution < 1.29 is 9.53 Å². The van der Waals surface area contributed by atoms with E-state index in [4.69, 9.17) is 10.5 Å². The summed E-state index contributed by atoms with van der Waals surface area (Å²) < 4.78 is 6.97. The van der Waals surface area contributed by atoms with Crippen LogP contribution in [0, 0.1) is 0 Å². The van der Waals surface area contributed by atoms with Crippen molar-refractivity contribution in [3.8, 4) is 0 Å². The highest BCUT2D eigenvalue weighted by molar-refractivity contribution is 8.00. The van der Waals surface area contributed by atoms with E-state index in [-0.39, 0.29) is 5.69 Å². The molecule has 5 nitrogen and oxygen atoms in total. The highest BCUT2D eigenvalue weighted by Crippen LogP contribution is 2.29. The number of nitrogens with zero attached hydrogens (tertiary/aromatic N) is 2. The molecule has 0 aliphatic carbocycles. The molecule has 1 unspecified atom stereocenters. The Bertz CT molecular complexity index is 453. The summed E-state index contributed by atoms with van der Waals surface area (Å²) in [5.41, 5.74) is 6.34. The Hall–Kier alpha value is -1.17. The van der Waals surface area contributed by atoms with E-state index in [1.165, 1.54) is 18.6 Å². The predicted molar refractivity (Wildman–Crippen MR) is 77.5 cm³/mol. The molecular weight excluding hydrogens is 262 g/mol. The van der Waals surface area contributed by atoms with Crippen LogP contribution in [0.4, 0.5) is 5.82 Å². The van der Waals surface area contributed by atoms with Crippen LogP contribution in [0.2, 0.25) is 0 Å². The summed E-state index contributed by atoms with van der Waals surface area (Å²) in [6.07, 6.45) is 3.23. The fourth-order valence-corrected chi connectivity index (χ4v) is 3.58. The van der Waals surface area contributed by atoms with Crippen molar-refractivity contribution in [1.82, 2.24) is 9.55 Å². The van der Waals surface area contributed by atoms with Gasteiger partial charge in [0, 0.05) is 18.2 Å². The van der Waals surface area contributed by atoms with Crippen molar-refractivity contribution in [2.24, 2.45) is 0 Å². The van der Waals surface area contributed by atoms with Crippen molar-refractivity contribution in [1.29, 1.82) is 0 Å². The first-order valence-electron chi connectivity index (χ1n) is 6.80. The number of hydrogen-bond donors (Lipinski definition) is 1. The molecule has 0 bridgehead atoms. The van der Waals surface area contributed by atoms with Crippen LogP contribution in [0.3, 0.4) is 0 Å². The van der Waals surface area contributed by atoms with E-state index in [1.807, 2.05) is 23.3 Å². The van der Waals surface area contributed by atoms with Crippen molar-refractivity contribution in [2.75, 3.05) is 18.1 Å². The first-order valence-corrected chi connectivity index (χ1v) is 7.85. The molecule has 6 heteroatoms. The Labute approximate surface area is 117 Å². The van der Waals surface area contributed by atoms with Gasteiger partial charge in [-0.25, -0.2) is 9.78 Å². The van der Waals surface area contributed by atoms with E-state index < -0.39 is 5.97 Å². The summed E-state index contributed by atoms with van der Waals surface area (Å²) in [5.74, 6) is 2.11. The van der Waals surface area contributed by atoms with Gasteiger partial charge in [0.15, 0.2) is 5.69 Å². The van der Waals surface area contributed by atoms with Crippen LogP contribution in [-0.4, -0.2) is 33.1 Å². The standard InChI is InChI=1S/C13H21N3O2S/c1-3-10-15-11(13(17)18-4-2)12(14)16(10)8-9-6-5-7-19-9/h9H,3-8,14H2,1-2H3. The molecular formula is C13H21N3O2S. The van der Waals surface area contributed by atoms with Gasteiger partial charge in [0.25, 0.3) is 0 Å². The van der Waals surface area contributed by atoms with Gasteiger partial charge < -0.3 is 15.0 Å². The van der Waals surface area contributed by atoms with Gasteiger partial charge in [0.05, 0.1) is 6.61 Å². The molecule has 0 radical (unpaired) electrons. The lowest BCUT2D eigenvalue weighted by Gasteiger charge is -2.13. The predicted octanol–water partition coefficient (Wildman–Crippen LogP) is 2.10. The van der Waals surface area contributed by atoms with Gasteiger partial charge in [-0.05, 0) is 25.5 Å². The monoisotopic (exact) mass is 283 g/mol. The molecule has 1 saturated heterocycles. The average molecular weight is 283 g/mol. The first kappa shape index (κ1) is 14.2. The second kappa shape index (κ2) is 6.32. The highest BCUT2D eigenvalue weighted by atomic mass is 32.2. The Morgan fingerprint density at radius 3 is 2.95 bits per heavy atom. The zero-order valence-corrected chi connectivity index (χ0v) is 12.3. The minimum absolute atomic E-state index is 0.265. The van der Waals surface area contributed by atoms with Crippen molar-refractivity contribution in [2.45, 2.75) is 44.9 Å². The van der Waals surface area contributed by atoms with E-state index in [0.29, 0.717) is 17.7 Å². The third-order valence-corrected chi connectivity index (χ3v) is 4.66. The van der Waals surface area contributed by atoms with Crippen LogP contribution in [0.25, 0.3) is 0 Å². The topological polar surface area (TPSA) is 70.1 Å². The SMILES string of the molecule is CCOC(=O)c1nc(CC)n(CC2CCCS2)c1N. The number of carbonyl (C=O) groups excluding carboxylic acids is 1. The van der Waals surface area contributed by atoms with E-state index in [0.717, 1.165) is 18.8 Å². The van der Waals surface area contributed by atoms with Gasteiger partial charge in [-0.2, -0.15) is 11.8 Å². The molecule has 0 spiro atoms. The van der Waals surface area contributed by atoms with Gasteiger partial charge in [-0.1, -0.05) is 6.92 Å². The molecule has 2 N–H and O–H groups in total. The zero-order chi connectivity index (χ0) is 13.8. The third-order valence-electron chi connectivity index (χ3n) is 3.28. The summed E-state index contributed by atoms with van der Waals surface area (Å²) in [7, 11) is 0. The van der Waals surface area contributed by atoms with Crippen LogP contribution in [0.1, 0.15) is 43.0 Å². The van der Waals surface area contributed by atoms with Crippen LogP contribution < -0.4 is 5.73 Å². The van der Waals surface area contributed by atoms with E-state index in [9.17, 15) is 4.79 Å². The second-order valence-electron chi connectivity index (χ2n) is 4.58. The maximum Gasteiger partial charge on any atom is 0.360 e. The summed E-state index contributed by atoms with van der Waals surface area (Å²) in [6.45, 7) is 4.98. The average Bonchev–Trinajstić information content (AvgIpc) is 3.00. The van der Waals surface area contributed by atoms with E-state index in [1.54, 1.807) is 6.92 Å². The highest BCUT2D eigenvalue weighted by Gasteiger charge is 2.24. The fourth-order valence-electron chi connectivity index (χ4n) is 2.33. The number of nitrogen functional groups attached to an aromatic ring is 1. The number of aromatic nitrogens is 2. The molecule has 1 fully saturated rings. The molecule has 0 aromatic carbocycles. The maximum atomic E-state index is 11.8. The minimum atomic E-state index is -0.424. The van der Waals surface area contributed by atoms with Gasteiger partial charge in [0.1, 0.15) is 11.6 Å². The number of hydrogen-bond acceptors (Lipinski definition) is 5. The van der Waals surface area contributed by atoms with E-state index in [2.05, 4.69) is 4.98 Å². The number of aryl methyl sites for hydroxylation is 1. The number of imidazole rings is 1. The van der Waals surface area contributed by atoms with Gasteiger partial charge >= 0.3 is 5.97 Å². The maximum absolute atomic E-state index is 11.8. The van der Waals surface area contributed by atoms with Crippen LogP contribution in [0.15, 0.2) is 0 Å². The Kier molecular flexibility index (Phi) is 4.74. The molecule has 2 rings (SSSR count). The molecule has 1 aliphatic heterocycles. The molecule has 2 heterocycles.